The minimum absolute atomic E-state index is 0.0259. The number of allylic oxidation sites excluding steroid dienone is 1. The molecule has 0 atom stereocenters. The Labute approximate surface area is 169 Å². The Morgan fingerprint density at radius 2 is 1.90 bits per heavy atom. The number of benzene rings is 2. The van der Waals surface area contributed by atoms with Crippen LogP contribution in [0.5, 0.6) is 5.75 Å². The summed E-state index contributed by atoms with van der Waals surface area (Å²) in [6.45, 7) is 1.68. The summed E-state index contributed by atoms with van der Waals surface area (Å²) in [6.07, 6.45) is 1.37. The van der Waals surface area contributed by atoms with Crippen LogP contribution in [-0.4, -0.2) is 21.3 Å². The number of nitrogens with one attached hydrogen (secondary N) is 1. The van der Waals surface area contributed by atoms with Crippen molar-refractivity contribution in [3.05, 3.63) is 83.1 Å². The number of hydrogen-bond acceptors (Lipinski definition) is 6. The molecule has 7 nitrogen and oxygen atoms in total. The molecule has 0 spiro atoms. The molecule has 0 saturated carbocycles. The van der Waals surface area contributed by atoms with Crippen molar-refractivity contribution in [1.82, 2.24) is 4.72 Å². The third-order valence-electron chi connectivity index (χ3n) is 3.89. The lowest BCUT2D eigenvalue weighted by Crippen LogP contribution is -2.27. The summed E-state index contributed by atoms with van der Waals surface area (Å²) in [4.78, 5) is 0. The zero-order chi connectivity index (χ0) is 21.4. The van der Waals surface area contributed by atoms with E-state index in [-0.39, 0.29) is 35.5 Å². The first-order valence-electron chi connectivity index (χ1n) is 8.73. The molecule has 9 heteroatoms. The molecule has 0 unspecified atom stereocenters. The molecule has 0 radical (unpaired) electrons. The summed E-state index contributed by atoms with van der Waals surface area (Å²) in [5.74, 6) is -0.0763. The molecule has 0 heterocycles. The number of rotatable bonds is 9. The second-order valence-electron chi connectivity index (χ2n) is 6.03. The quantitative estimate of drug-likeness (QED) is 0.423. The van der Waals surface area contributed by atoms with Gasteiger partial charge in [0, 0.05) is 11.3 Å². The van der Waals surface area contributed by atoms with Crippen LogP contribution in [0.3, 0.4) is 0 Å². The Morgan fingerprint density at radius 3 is 2.55 bits per heavy atom. The van der Waals surface area contributed by atoms with Gasteiger partial charge in [0.2, 0.25) is 15.9 Å². The molecular weight excluding hydrogens is 397 g/mol. The molecule has 2 aromatic rings. The summed E-state index contributed by atoms with van der Waals surface area (Å²) in [7, 11) is -2.26. The predicted molar refractivity (Wildman–Crippen MR) is 110 cm³/mol. The minimum atomic E-state index is -3.58. The lowest BCUT2D eigenvalue weighted by atomic mass is 10.1. The van der Waals surface area contributed by atoms with E-state index in [4.69, 9.17) is 20.9 Å². The van der Waals surface area contributed by atoms with E-state index < -0.39 is 10.0 Å². The van der Waals surface area contributed by atoms with Gasteiger partial charge in [0.1, 0.15) is 23.9 Å². The largest absolute Gasteiger partial charge is 0.489 e. The maximum Gasteiger partial charge on any atom is 0.232 e. The predicted octanol–water partition coefficient (Wildman–Crippen LogP) is 2.42. The van der Waals surface area contributed by atoms with Gasteiger partial charge in [0.05, 0.1) is 12.9 Å². The van der Waals surface area contributed by atoms with Crippen molar-refractivity contribution in [2.75, 3.05) is 12.9 Å². The average molecular weight is 421 g/mol. The third kappa shape index (κ3) is 6.72. The van der Waals surface area contributed by atoms with Crippen LogP contribution in [0.2, 0.25) is 0 Å². The molecule has 0 aliphatic carbocycles. The van der Waals surface area contributed by atoms with Crippen molar-refractivity contribution in [2.45, 2.75) is 13.5 Å². The summed E-state index contributed by atoms with van der Waals surface area (Å²) >= 11 is 0. The van der Waals surface area contributed by atoms with Crippen molar-refractivity contribution in [2.24, 2.45) is 11.5 Å². The molecule has 0 aromatic heterocycles. The summed E-state index contributed by atoms with van der Waals surface area (Å²) in [5, 5.41) is 0. The zero-order valence-corrected chi connectivity index (χ0v) is 17.0. The van der Waals surface area contributed by atoms with E-state index in [9.17, 15) is 12.8 Å². The Bertz CT molecular complexity index is 1020. The van der Waals surface area contributed by atoms with Crippen LogP contribution in [0.25, 0.3) is 5.70 Å². The monoisotopic (exact) mass is 421 g/mol. The van der Waals surface area contributed by atoms with Gasteiger partial charge in [0.25, 0.3) is 0 Å². The molecule has 0 fully saturated rings. The number of ether oxygens (including phenoxy) is 2. The highest BCUT2D eigenvalue weighted by Crippen LogP contribution is 2.20. The van der Waals surface area contributed by atoms with E-state index in [0.717, 1.165) is 0 Å². The zero-order valence-electron chi connectivity index (χ0n) is 16.2. The number of methoxy groups -OCH3 is 1. The molecule has 2 aromatic carbocycles. The summed E-state index contributed by atoms with van der Waals surface area (Å²) in [5.41, 5.74) is 13.4. The van der Waals surface area contributed by atoms with Gasteiger partial charge in [-0.2, -0.15) is 0 Å². The molecule has 0 bridgehead atoms. The maximum absolute atomic E-state index is 13.3. The van der Waals surface area contributed by atoms with E-state index >= 15 is 0 Å². The molecule has 0 aliphatic rings. The van der Waals surface area contributed by atoms with Gasteiger partial charge in [-0.25, -0.2) is 12.8 Å². The molecular formula is C20H24FN3O4S. The number of nitrogens with two attached hydrogens (primary N) is 2. The van der Waals surface area contributed by atoms with Crippen molar-refractivity contribution in [3.8, 4) is 5.75 Å². The van der Waals surface area contributed by atoms with Gasteiger partial charge in [-0.05, 0) is 42.8 Å². The van der Waals surface area contributed by atoms with Crippen molar-refractivity contribution in [1.29, 1.82) is 0 Å². The average Bonchev–Trinajstić information content (AvgIpc) is 2.71. The normalized spacial score (nSPS) is 12.9. The van der Waals surface area contributed by atoms with Crippen molar-refractivity contribution >= 4 is 15.7 Å². The number of halogens is 1. The highest BCUT2D eigenvalue weighted by atomic mass is 32.2. The van der Waals surface area contributed by atoms with Gasteiger partial charge in [-0.3, -0.25) is 4.72 Å². The van der Waals surface area contributed by atoms with Crippen LogP contribution in [0, 0.1) is 5.82 Å². The van der Waals surface area contributed by atoms with E-state index in [1.165, 1.54) is 32.2 Å². The van der Waals surface area contributed by atoms with Gasteiger partial charge in [-0.1, -0.05) is 24.3 Å². The highest BCUT2D eigenvalue weighted by Gasteiger charge is 2.12. The molecule has 5 N–H and O–H groups in total. The Morgan fingerprint density at radius 1 is 1.17 bits per heavy atom. The summed E-state index contributed by atoms with van der Waals surface area (Å²) < 4.78 is 50.0. The van der Waals surface area contributed by atoms with Crippen LogP contribution >= 0.6 is 0 Å². The fraction of sp³-hybridized carbons (Fsp3) is 0.200. The van der Waals surface area contributed by atoms with Gasteiger partial charge >= 0.3 is 0 Å². The van der Waals surface area contributed by atoms with E-state index in [1.807, 2.05) is 0 Å². The fourth-order valence-corrected chi connectivity index (χ4v) is 2.94. The van der Waals surface area contributed by atoms with E-state index in [0.29, 0.717) is 16.9 Å². The first kappa shape index (κ1) is 22.1. The highest BCUT2D eigenvalue weighted by molar-refractivity contribution is 7.89. The Kier molecular flexibility index (Phi) is 7.49. The molecule has 156 valence electrons. The van der Waals surface area contributed by atoms with Crippen LogP contribution < -0.4 is 20.9 Å². The molecule has 2 rings (SSSR count). The molecule has 29 heavy (non-hydrogen) atoms. The van der Waals surface area contributed by atoms with Gasteiger partial charge in [0.15, 0.2) is 0 Å². The van der Waals surface area contributed by atoms with Crippen LogP contribution in [0.15, 0.2) is 66.2 Å². The van der Waals surface area contributed by atoms with E-state index in [2.05, 4.69) is 4.72 Å². The fourth-order valence-electron chi connectivity index (χ4n) is 2.30. The second-order valence-corrected chi connectivity index (χ2v) is 8.04. The third-order valence-corrected chi connectivity index (χ3v) is 5.18. The smallest absolute Gasteiger partial charge is 0.232 e. The van der Waals surface area contributed by atoms with Crippen molar-refractivity contribution < 1.29 is 22.3 Å². The van der Waals surface area contributed by atoms with E-state index in [1.54, 1.807) is 36.4 Å². The van der Waals surface area contributed by atoms with Gasteiger partial charge < -0.3 is 20.9 Å². The molecule has 0 amide bonds. The van der Waals surface area contributed by atoms with Crippen LogP contribution in [-0.2, 0) is 21.4 Å². The topological polar surface area (TPSA) is 117 Å². The first-order valence-corrected chi connectivity index (χ1v) is 10.4. The maximum atomic E-state index is 13.3. The number of sulfonamides is 1. The second kappa shape index (κ2) is 9.83. The number of hydrogen-bond donors (Lipinski definition) is 3. The van der Waals surface area contributed by atoms with Crippen LogP contribution in [0.1, 0.15) is 18.1 Å². The Hall–Kier alpha value is -3.20. The first-order chi connectivity index (χ1) is 13.7. The van der Waals surface area contributed by atoms with Crippen LogP contribution in [0.4, 0.5) is 4.39 Å². The SMILES string of the molecule is CCS(=O)(=O)NC(/C=C(\N)c1cccc(OCc2cccc(F)c2)c1)=C(/N)OC. The molecule has 0 aliphatic heterocycles. The lowest BCUT2D eigenvalue weighted by Gasteiger charge is -2.12. The lowest BCUT2D eigenvalue weighted by molar-refractivity contribution is 0.282. The van der Waals surface area contributed by atoms with Gasteiger partial charge in [-0.15, -0.1) is 0 Å². The molecule has 0 saturated heterocycles. The summed E-state index contributed by atoms with van der Waals surface area (Å²) in [6, 6.07) is 13.0. The van der Waals surface area contributed by atoms with Crippen molar-refractivity contribution in [3.63, 3.8) is 0 Å². The Balaban J connectivity index is 2.22. The standard InChI is InChI=1S/C20H24FN3O4S/c1-3-29(25,26)24-19(20(23)27-2)12-18(22)15-7-5-9-17(11-15)28-13-14-6-4-8-16(21)10-14/h4-12,24H,3,13,22-23H2,1-2H3/b18-12-,20-19-. The minimum Gasteiger partial charge on any atom is -0.489 e.